The van der Waals surface area contributed by atoms with Gasteiger partial charge in [-0.2, -0.15) is 0 Å². The molecule has 1 fully saturated rings. The van der Waals surface area contributed by atoms with Crippen LogP contribution in [-0.4, -0.2) is 37.6 Å². The Bertz CT molecular complexity index is 727. The maximum Gasteiger partial charge on any atom is 0.254 e. The van der Waals surface area contributed by atoms with Gasteiger partial charge in [-0.3, -0.25) is 9.69 Å². The zero-order valence-corrected chi connectivity index (χ0v) is 15.1. The van der Waals surface area contributed by atoms with Gasteiger partial charge >= 0.3 is 0 Å². The van der Waals surface area contributed by atoms with Crippen molar-refractivity contribution in [1.82, 2.24) is 10.2 Å². The summed E-state index contributed by atoms with van der Waals surface area (Å²) in [6.07, 6.45) is 3.56. The molecule has 0 bridgehead atoms. The van der Waals surface area contributed by atoms with E-state index in [1.807, 2.05) is 24.3 Å². The molecule has 1 aliphatic rings. The van der Waals surface area contributed by atoms with Crippen molar-refractivity contribution in [1.29, 1.82) is 0 Å². The standard InChI is InChI=1S/C21H25FN2O2/c1-26-17-11-9-16(10-12-17)20(24-13-5-2-6-14-24)15-23-21(25)18-7-3-4-8-19(18)22/h3-4,7-12,20H,2,5-6,13-15H2,1H3,(H,23,25)/t20-/m0/s1. The Hall–Kier alpha value is -2.40. The van der Waals surface area contributed by atoms with Gasteiger partial charge in [0.05, 0.1) is 18.7 Å². The molecule has 26 heavy (non-hydrogen) atoms. The predicted octanol–water partition coefficient (Wildman–Crippen LogP) is 3.79. The van der Waals surface area contributed by atoms with E-state index in [2.05, 4.69) is 10.2 Å². The van der Waals surface area contributed by atoms with Crippen molar-refractivity contribution in [3.05, 3.63) is 65.5 Å². The highest BCUT2D eigenvalue weighted by Gasteiger charge is 2.23. The third kappa shape index (κ3) is 4.41. The summed E-state index contributed by atoms with van der Waals surface area (Å²) in [6, 6.07) is 14.1. The van der Waals surface area contributed by atoms with E-state index in [1.54, 1.807) is 19.2 Å². The lowest BCUT2D eigenvalue weighted by Crippen LogP contribution is -2.40. The van der Waals surface area contributed by atoms with Crippen LogP contribution in [0.15, 0.2) is 48.5 Å². The second-order valence-corrected chi connectivity index (χ2v) is 6.58. The smallest absolute Gasteiger partial charge is 0.254 e. The van der Waals surface area contributed by atoms with Crippen LogP contribution in [0.4, 0.5) is 4.39 Å². The predicted molar refractivity (Wildman–Crippen MR) is 99.9 cm³/mol. The van der Waals surface area contributed by atoms with Crippen molar-refractivity contribution in [2.75, 3.05) is 26.7 Å². The van der Waals surface area contributed by atoms with Crippen molar-refractivity contribution >= 4 is 5.91 Å². The van der Waals surface area contributed by atoms with E-state index >= 15 is 0 Å². The minimum atomic E-state index is -0.496. The van der Waals surface area contributed by atoms with E-state index in [9.17, 15) is 9.18 Å². The number of amides is 1. The number of ether oxygens (including phenoxy) is 1. The summed E-state index contributed by atoms with van der Waals surface area (Å²) in [5.74, 6) is -0.0656. The number of nitrogens with zero attached hydrogens (tertiary/aromatic N) is 1. The molecule has 0 aliphatic carbocycles. The number of piperidine rings is 1. The number of hydrogen-bond acceptors (Lipinski definition) is 3. The fourth-order valence-corrected chi connectivity index (χ4v) is 3.44. The summed E-state index contributed by atoms with van der Waals surface area (Å²) in [6.45, 7) is 2.46. The molecule has 1 saturated heterocycles. The first kappa shape index (κ1) is 18.4. The number of halogens is 1. The van der Waals surface area contributed by atoms with E-state index in [0.717, 1.165) is 37.2 Å². The second-order valence-electron chi connectivity index (χ2n) is 6.58. The van der Waals surface area contributed by atoms with Gasteiger partial charge in [-0.25, -0.2) is 4.39 Å². The lowest BCUT2D eigenvalue weighted by Gasteiger charge is -2.35. The van der Waals surface area contributed by atoms with Crippen molar-refractivity contribution in [2.24, 2.45) is 0 Å². The Kier molecular flexibility index (Phi) is 6.23. The molecular formula is C21H25FN2O2. The van der Waals surface area contributed by atoms with Crippen molar-refractivity contribution in [3.63, 3.8) is 0 Å². The summed E-state index contributed by atoms with van der Waals surface area (Å²) in [7, 11) is 1.64. The molecule has 0 spiro atoms. The summed E-state index contributed by atoms with van der Waals surface area (Å²) in [5.41, 5.74) is 1.21. The average Bonchev–Trinajstić information content (AvgIpc) is 2.69. The lowest BCUT2D eigenvalue weighted by molar-refractivity contribution is 0.0920. The summed E-state index contributed by atoms with van der Waals surface area (Å²) in [4.78, 5) is 14.8. The minimum absolute atomic E-state index is 0.0666. The monoisotopic (exact) mass is 356 g/mol. The number of benzene rings is 2. The molecule has 0 aromatic heterocycles. The largest absolute Gasteiger partial charge is 0.497 e. The van der Waals surface area contributed by atoms with Crippen LogP contribution in [0.2, 0.25) is 0 Å². The Morgan fingerprint density at radius 3 is 2.46 bits per heavy atom. The molecule has 2 aromatic carbocycles. The molecule has 1 atom stereocenters. The number of rotatable bonds is 6. The second kappa shape index (κ2) is 8.81. The molecule has 4 nitrogen and oxygen atoms in total. The van der Waals surface area contributed by atoms with Crippen LogP contribution in [0.25, 0.3) is 0 Å². The van der Waals surface area contributed by atoms with E-state index in [0.29, 0.717) is 6.54 Å². The first-order valence-electron chi connectivity index (χ1n) is 9.10. The lowest BCUT2D eigenvalue weighted by atomic mass is 10.0. The maximum atomic E-state index is 13.8. The minimum Gasteiger partial charge on any atom is -0.497 e. The summed E-state index contributed by atoms with van der Waals surface area (Å²) in [5, 5.41) is 2.91. The molecule has 3 rings (SSSR count). The molecule has 0 radical (unpaired) electrons. The first-order valence-corrected chi connectivity index (χ1v) is 9.10. The van der Waals surface area contributed by atoms with Crippen LogP contribution in [-0.2, 0) is 0 Å². The molecule has 1 aliphatic heterocycles. The molecule has 1 heterocycles. The Balaban J connectivity index is 1.74. The number of likely N-dealkylation sites (tertiary alicyclic amines) is 1. The van der Waals surface area contributed by atoms with Crippen LogP contribution in [0, 0.1) is 5.82 Å². The van der Waals surface area contributed by atoms with Gasteiger partial charge < -0.3 is 10.1 Å². The van der Waals surface area contributed by atoms with Crippen LogP contribution in [0.3, 0.4) is 0 Å². The molecule has 1 N–H and O–H groups in total. The topological polar surface area (TPSA) is 41.6 Å². The fourth-order valence-electron chi connectivity index (χ4n) is 3.44. The summed E-state index contributed by atoms with van der Waals surface area (Å²) >= 11 is 0. The van der Waals surface area contributed by atoms with Gasteiger partial charge in [0.15, 0.2) is 0 Å². The third-order valence-electron chi connectivity index (χ3n) is 4.91. The molecule has 138 valence electrons. The molecule has 0 saturated carbocycles. The van der Waals surface area contributed by atoms with Gasteiger partial charge in [0.25, 0.3) is 5.91 Å². The third-order valence-corrected chi connectivity index (χ3v) is 4.91. The van der Waals surface area contributed by atoms with Gasteiger partial charge in [-0.05, 0) is 55.8 Å². The van der Waals surface area contributed by atoms with Gasteiger partial charge in [-0.1, -0.05) is 30.7 Å². The Labute approximate surface area is 154 Å². The van der Waals surface area contributed by atoms with Crippen LogP contribution < -0.4 is 10.1 Å². The number of hydrogen-bond donors (Lipinski definition) is 1. The van der Waals surface area contributed by atoms with Crippen LogP contribution >= 0.6 is 0 Å². The molecule has 2 aromatic rings. The van der Waals surface area contributed by atoms with E-state index in [1.165, 1.54) is 18.6 Å². The summed E-state index contributed by atoms with van der Waals surface area (Å²) < 4.78 is 19.1. The molecular weight excluding hydrogens is 331 g/mol. The SMILES string of the molecule is COc1ccc([C@H](CNC(=O)c2ccccc2F)N2CCCCC2)cc1. The van der Waals surface area contributed by atoms with E-state index < -0.39 is 5.82 Å². The highest BCUT2D eigenvalue weighted by molar-refractivity contribution is 5.94. The molecule has 5 heteroatoms. The van der Waals surface area contributed by atoms with Crippen LogP contribution in [0.5, 0.6) is 5.75 Å². The highest BCUT2D eigenvalue weighted by atomic mass is 19.1. The number of carbonyl (C=O) groups is 1. The maximum absolute atomic E-state index is 13.8. The average molecular weight is 356 g/mol. The number of nitrogens with one attached hydrogen (secondary N) is 1. The van der Waals surface area contributed by atoms with Crippen molar-refractivity contribution in [2.45, 2.75) is 25.3 Å². The van der Waals surface area contributed by atoms with Gasteiger partial charge in [0, 0.05) is 6.54 Å². The first-order chi connectivity index (χ1) is 12.7. The Morgan fingerprint density at radius 2 is 1.81 bits per heavy atom. The quantitative estimate of drug-likeness (QED) is 0.856. The number of methoxy groups -OCH3 is 1. The fraction of sp³-hybridized carbons (Fsp3) is 0.381. The zero-order valence-electron chi connectivity index (χ0n) is 15.1. The normalized spacial score (nSPS) is 16.1. The van der Waals surface area contributed by atoms with E-state index in [-0.39, 0.29) is 17.5 Å². The van der Waals surface area contributed by atoms with Crippen molar-refractivity contribution < 1.29 is 13.9 Å². The van der Waals surface area contributed by atoms with Gasteiger partial charge in [-0.15, -0.1) is 0 Å². The molecule has 0 unspecified atom stereocenters. The van der Waals surface area contributed by atoms with Gasteiger partial charge in [0.1, 0.15) is 11.6 Å². The van der Waals surface area contributed by atoms with E-state index in [4.69, 9.17) is 4.74 Å². The zero-order chi connectivity index (χ0) is 18.4. The van der Waals surface area contributed by atoms with Crippen molar-refractivity contribution in [3.8, 4) is 5.75 Å². The highest BCUT2D eigenvalue weighted by Crippen LogP contribution is 2.26. The Morgan fingerprint density at radius 1 is 1.12 bits per heavy atom. The van der Waals surface area contributed by atoms with Crippen LogP contribution in [0.1, 0.15) is 41.2 Å². The molecule has 1 amide bonds. The van der Waals surface area contributed by atoms with Gasteiger partial charge in [0.2, 0.25) is 0 Å². The number of carbonyl (C=O) groups excluding carboxylic acids is 1.